The zero-order chi connectivity index (χ0) is 20.0. The number of hydrogen-bond acceptors (Lipinski definition) is 4. The fourth-order valence-electron chi connectivity index (χ4n) is 4.27. The number of fused-ring (bicyclic) bond motifs is 3. The van der Waals surface area contributed by atoms with E-state index in [2.05, 4.69) is 41.9 Å². The minimum atomic E-state index is -0.548. The zero-order valence-electron chi connectivity index (χ0n) is 16.4. The summed E-state index contributed by atoms with van der Waals surface area (Å²) in [6.45, 7) is 6.44. The predicted octanol–water partition coefficient (Wildman–Crippen LogP) is 3.25. The Morgan fingerprint density at radius 3 is 2.71 bits per heavy atom. The highest BCUT2D eigenvalue weighted by atomic mass is 16.5. The molecule has 0 saturated carbocycles. The van der Waals surface area contributed by atoms with Gasteiger partial charge in [0.15, 0.2) is 0 Å². The van der Waals surface area contributed by atoms with Gasteiger partial charge in [0.05, 0.1) is 18.1 Å². The van der Waals surface area contributed by atoms with Gasteiger partial charge in [-0.3, -0.25) is 4.79 Å². The molecule has 28 heavy (non-hydrogen) atoms. The van der Waals surface area contributed by atoms with Crippen molar-refractivity contribution in [1.82, 2.24) is 14.6 Å². The van der Waals surface area contributed by atoms with Gasteiger partial charge in [-0.1, -0.05) is 25.5 Å². The number of aromatic nitrogens is 3. The summed E-state index contributed by atoms with van der Waals surface area (Å²) in [5.74, 6) is 1.57. The molecule has 0 spiro atoms. The fraction of sp³-hybridized carbons (Fsp3) is 0.381. The van der Waals surface area contributed by atoms with Gasteiger partial charge >= 0.3 is 11.2 Å². The number of allylic oxidation sites excluding steroid dienone is 2. The molecule has 1 aliphatic rings. The lowest BCUT2D eigenvalue weighted by molar-refractivity contribution is 0.361. The maximum absolute atomic E-state index is 12.9. The zero-order valence-corrected chi connectivity index (χ0v) is 16.4. The minimum Gasteiger partial charge on any atom is -0.497 e. The third kappa shape index (κ3) is 2.96. The Bertz CT molecular complexity index is 1230. The van der Waals surface area contributed by atoms with E-state index in [0.717, 1.165) is 22.0 Å². The third-order valence-corrected chi connectivity index (χ3v) is 5.65. The Kier molecular flexibility index (Phi) is 4.45. The van der Waals surface area contributed by atoms with Crippen LogP contribution in [-0.2, 0) is 0 Å². The standard InChI is InChI=1S/C21H24N4O3/c1-11-7-12(2)16(13(3)8-11)10-22-25-20(26)19-18(24-21(25)27)15-6-5-14(28-4)9-17(15)23-19/h5-7,9-10,12-13,16,23H,8H2,1-4H3,(H,24,27)/b22-10-. The molecule has 0 amide bonds. The summed E-state index contributed by atoms with van der Waals surface area (Å²) in [6.07, 6.45) is 4.97. The number of benzene rings is 1. The maximum atomic E-state index is 12.9. The number of nitrogens with zero attached hydrogens (tertiary/aromatic N) is 2. The second kappa shape index (κ2) is 6.82. The van der Waals surface area contributed by atoms with Gasteiger partial charge in [0, 0.05) is 23.6 Å². The second-order valence-electron chi connectivity index (χ2n) is 7.73. The molecule has 3 aromatic rings. The van der Waals surface area contributed by atoms with Crippen molar-refractivity contribution in [3.63, 3.8) is 0 Å². The number of aromatic amines is 2. The smallest absolute Gasteiger partial charge is 0.350 e. The van der Waals surface area contributed by atoms with Crippen LogP contribution in [0.15, 0.2) is 44.5 Å². The van der Waals surface area contributed by atoms with E-state index in [0.29, 0.717) is 28.6 Å². The van der Waals surface area contributed by atoms with Crippen LogP contribution in [0.1, 0.15) is 27.2 Å². The van der Waals surface area contributed by atoms with Gasteiger partial charge in [0.25, 0.3) is 0 Å². The Morgan fingerprint density at radius 2 is 2.00 bits per heavy atom. The van der Waals surface area contributed by atoms with Crippen molar-refractivity contribution >= 4 is 28.2 Å². The first kappa shape index (κ1) is 18.3. The molecule has 2 N–H and O–H groups in total. The normalized spacial score (nSPS) is 22.9. The van der Waals surface area contributed by atoms with Crippen LogP contribution < -0.4 is 16.0 Å². The summed E-state index contributed by atoms with van der Waals surface area (Å²) in [5, 5.41) is 5.03. The Hall–Kier alpha value is -3.09. The molecule has 0 fully saturated rings. The number of methoxy groups -OCH3 is 1. The average molecular weight is 380 g/mol. The van der Waals surface area contributed by atoms with Crippen molar-refractivity contribution in [3.8, 4) is 5.75 Å². The summed E-state index contributed by atoms with van der Waals surface area (Å²) in [6, 6.07) is 5.40. The van der Waals surface area contributed by atoms with Crippen molar-refractivity contribution in [2.75, 3.05) is 7.11 Å². The molecule has 3 atom stereocenters. The summed E-state index contributed by atoms with van der Waals surface area (Å²) < 4.78 is 6.13. The van der Waals surface area contributed by atoms with Crippen molar-refractivity contribution in [2.24, 2.45) is 22.9 Å². The molecule has 2 heterocycles. The van der Waals surface area contributed by atoms with E-state index in [9.17, 15) is 9.59 Å². The minimum absolute atomic E-state index is 0.178. The van der Waals surface area contributed by atoms with Crippen molar-refractivity contribution < 1.29 is 4.74 Å². The Morgan fingerprint density at radius 1 is 1.21 bits per heavy atom. The highest BCUT2D eigenvalue weighted by Crippen LogP contribution is 2.32. The molecule has 2 aromatic heterocycles. The van der Waals surface area contributed by atoms with E-state index in [1.165, 1.54) is 5.57 Å². The fourth-order valence-corrected chi connectivity index (χ4v) is 4.27. The summed E-state index contributed by atoms with van der Waals surface area (Å²) in [4.78, 5) is 31.3. The lowest BCUT2D eigenvalue weighted by atomic mass is 9.76. The van der Waals surface area contributed by atoms with Gasteiger partial charge in [-0.25, -0.2) is 4.79 Å². The van der Waals surface area contributed by atoms with Crippen LogP contribution in [0.3, 0.4) is 0 Å². The number of H-pyrrole nitrogens is 2. The van der Waals surface area contributed by atoms with Gasteiger partial charge < -0.3 is 14.7 Å². The maximum Gasteiger partial charge on any atom is 0.350 e. The number of rotatable bonds is 3. The molecule has 4 rings (SSSR count). The second-order valence-corrected chi connectivity index (χ2v) is 7.73. The van der Waals surface area contributed by atoms with E-state index in [-0.39, 0.29) is 5.92 Å². The van der Waals surface area contributed by atoms with Gasteiger partial charge in [0.2, 0.25) is 0 Å². The highest BCUT2D eigenvalue weighted by molar-refractivity contribution is 6.04. The Labute approximate surface area is 161 Å². The van der Waals surface area contributed by atoms with Crippen LogP contribution in [0, 0.1) is 17.8 Å². The van der Waals surface area contributed by atoms with Gasteiger partial charge in [-0.05, 0) is 37.3 Å². The van der Waals surface area contributed by atoms with E-state index in [1.54, 1.807) is 25.5 Å². The van der Waals surface area contributed by atoms with Crippen molar-refractivity contribution in [3.05, 3.63) is 50.7 Å². The average Bonchev–Trinajstić information content (AvgIpc) is 3.01. The molecule has 0 bridgehead atoms. The molecule has 7 heteroatoms. The molecule has 0 saturated heterocycles. The lowest BCUT2D eigenvalue weighted by Crippen LogP contribution is -2.33. The van der Waals surface area contributed by atoms with Gasteiger partial charge in [0.1, 0.15) is 11.3 Å². The molecular formula is C21H24N4O3. The summed E-state index contributed by atoms with van der Waals surface area (Å²) >= 11 is 0. The van der Waals surface area contributed by atoms with Crippen molar-refractivity contribution in [2.45, 2.75) is 27.2 Å². The molecule has 0 aliphatic heterocycles. The number of ether oxygens (including phenoxy) is 1. The largest absolute Gasteiger partial charge is 0.497 e. The molecule has 146 valence electrons. The topological polar surface area (TPSA) is 92.2 Å². The van der Waals surface area contributed by atoms with Crippen LogP contribution >= 0.6 is 0 Å². The molecule has 3 unspecified atom stereocenters. The van der Waals surface area contributed by atoms with Gasteiger partial charge in [-0.15, -0.1) is 4.68 Å². The first-order valence-corrected chi connectivity index (χ1v) is 9.45. The lowest BCUT2D eigenvalue weighted by Gasteiger charge is -2.29. The monoisotopic (exact) mass is 380 g/mol. The first-order valence-electron chi connectivity index (χ1n) is 9.45. The van der Waals surface area contributed by atoms with E-state index >= 15 is 0 Å². The van der Waals surface area contributed by atoms with Crippen LogP contribution in [0.4, 0.5) is 0 Å². The number of nitrogens with one attached hydrogen (secondary N) is 2. The van der Waals surface area contributed by atoms with E-state index < -0.39 is 11.2 Å². The molecule has 1 aliphatic carbocycles. The molecule has 0 radical (unpaired) electrons. The van der Waals surface area contributed by atoms with Crippen molar-refractivity contribution in [1.29, 1.82) is 0 Å². The van der Waals surface area contributed by atoms with Crippen LogP contribution in [0.2, 0.25) is 0 Å². The molecule has 1 aromatic carbocycles. The SMILES string of the molecule is COc1ccc2c(c1)[nH]c1c(=O)n(/N=C\C3C(C)C=C(C)CC3C)c(=O)[nH]c12. The quantitative estimate of drug-likeness (QED) is 0.540. The summed E-state index contributed by atoms with van der Waals surface area (Å²) in [7, 11) is 1.58. The van der Waals surface area contributed by atoms with E-state index in [4.69, 9.17) is 4.74 Å². The molecule has 7 nitrogen and oxygen atoms in total. The van der Waals surface area contributed by atoms with Crippen LogP contribution in [-0.4, -0.2) is 28.0 Å². The number of hydrogen-bond donors (Lipinski definition) is 2. The van der Waals surface area contributed by atoms with Crippen LogP contribution in [0.5, 0.6) is 5.75 Å². The van der Waals surface area contributed by atoms with Gasteiger partial charge in [-0.2, -0.15) is 5.10 Å². The van der Waals surface area contributed by atoms with E-state index in [1.807, 2.05) is 6.07 Å². The van der Waals surface area contributed by atoms with Crippen LogP contribution in [0.25, 0.3) is 21.9 Å². The Balaban J connectivity index is 1.81. The predicted molar refractivity (Wildman–Crippen MR) is 111 cm³/mol. The summed E-state index contributed by atoms with van der Waals surface area (Å²) in [5.41, 5.74) is 1.88. The first-order chi connectivity index (χ1) is 13.4. The molecular weight excluding hydrogens is 356 g/mol. The highest BCUT2D eigenvalue weighted by Gasteiger charge is 2.25. The third-order valence-electron chi connectivity index (χ3n) is 5.65.